The summed E-state index contributed by atoms with van der Waals surface area (Å²) in [6.07, 6.45) is 0. The summed E-state index contributed by atoms with van der Waals surface area (Å²) in [5, 5.41) is 2.66. The Bertz CT molecular complexity index is 767. The summed E-state index contributed by atoms with van der Waals surface area (Å²) in [5.41, 5.74) is 2.14. The lowest BCUT2D eigenvalue weighted by molar-refractivity contribution is -0.117. The Hall–Kier alpha value is -3.02. The molecule has 0 saturated heterocycles. The molecule has 6 heteroatoms. The molecule has 0 aromatic heterocycles. The third-order valence-electron chi connectivity index (χ3n) is 3.99. The fourth-order valence-corrected chi connectivity index (χ4v) is 2.71. The highest BCUT2D eigenvalue weighted by Gasteiger charge is 2.20. The molecule has 0 atom stereocenters. The van der Waals surface area contributed by atoms with Gasteiger partial charge in [-0.15, -0.1) is 0 Å². The summed E-state index contributed by atoms with van der Waals surface area (Å²) in [5.74, 6) is 0.161. The molecule has 2 aromatic carbocycles. The van der Waals surface area contributed by atoms with Crippen LogP contribution in [0.3, 0.4) is 0 Å². The zero-order valence-corrected chi connectivity index (χ0v) is 15.5. The Morgan fingerprint density at radius 1 is 1.04 bits per heavy atom. The minimum absolute atomic E-state index is 0.123. The van der Waals surface area contributed by atoms with Crippen LogP contribution in [0.1, 0.15) is 22.8 Å². The zero-order valence-electron chi connectivity index (χ0n) is 15.5. The highest BCUT2D eigenvalue weighted by atomic mass is 16.5. The van der Waals surface area contributed by atoms with E-state index in [1.165, 1.54) is 14.2 Å². The maximum atomic E-state index is 12.6. The first-order valence-electron chi connectivity index (χ1n) is 8.38. The second-order valence-corrected chi connectivity index (χ2v) is 5.70. The molecule has 2 rings (SSSR count). The van der Waals surface area contributed by atoms with E-state index in [1.54, 1.807) is 23.1 Å². The van der Waals surface area contributed by atoms with Crippen molar-refractivity contribution >= 4 is 17.5 Å². The molecule has 0 aliphatic rings. The van der Waals surface area contributed by atoms with Crippen molar-refractivity contribution in [3.63, 3.8) is 0 Å². The first-order chi connectivity index (χ1) is 12.5. The summed E-state index contributed by atoms with van der Waals surface area (Å²) in [7, 11) is 2.96. The number of carbonyl (C=O) groups is 2. The molecule has 0 aliphatic heterocycles. The van der Waals surface area contributed by atoms with Crippen LogP contribution in [0.15, 0.2) is 42.5 Å². The van der Waals surface area contributed by atoms with E-state index >= 15 is 0 Å². The van der Waals surface area contributed by atoms with Crippen molar-refractivity contribution in [3.8, 4) is 11.5 Å². The molecule has 0 radical (unpaired) electrons. The predicted molar refractivity (Wildman–Crippen MR) is 101 cm³/mol. The molecule has 26 heavy (non-hydrogen) atoms. The molecule has 2 amide bonds. The van der Waals surface area contributed by atoms with E-state index < -0.39 is 5.91 Å². The molecule has 138 valence electrons. The lowest BCUT2D eigenvalue weighted by Gasteiger charge is -2.22. The SMILES string of the molecule is CCN(C(=O)CNC(=O)c1c(OC)cccc1OC)c1cccc(C)c1. The third-order valence-corrected chi connectivity index (χ3v) is 3.99. The van der Waals surface area contributed by atoms with Gasteiger partial charge in [-0.1, -0.05) is 18.2 Å². The minimum Gasteiger partial charge on any atom is -0.496 e. The van der Waals surface area contributed by atoms with Crippen molar-refractivity contribution in [3.05, 3.63) is 53.6 Å². The summed E-state index contributed by atoms with van der Waals surface area (Å²) in [4.78, 5) is 26.8. The molecule has 0 heterocycles. The van der Waals surface area contributed by atoms with Crippen molar-refractivity contribution < 1.29 is 19.1 Å². The molecule has 0 saturated carbocycles. The van der Waals surface area contributed by atoms with Crippen LogP contribution in [0.25, 0.3) is 0 Å². The number of aryl methyl sites for hydroxylation is 1. The summed E-state index contributed by atoms with van der Waals surface area (Å²) in [6, 6.07) is 12.8. The van der Waals surface area contributed by atoms with Gasteiger partial charge in [0.2, 0.25) is 5.91 Å². The van der Waals surface area contributed by atoms with Gasteiger partial charge in [0.25, 0.3) is 5.91 Å². The topological polar surface area (TPSA) is 67.9 Å². The van der Waals surface area contributed by atoms with Gasteiger partial charge in [-0.05, 0) is 43.7 Å². The predicted octanol–water partition coefficient (Wildman–Crippen LogP) is 2.80. The lowest BCUT2D eigenvalue weighted by Crippen LogP contribution is -2.40. The van der Waals surface area contributed by atoms with E-state index in [0.29, 0.717) is 18.0 Å². The highest BCUT2D eigenvalue weighted by Crippen LogP contribution is 2.27. The van der Waals surface area contributed by atoms with Crippen LogP contribution in [-0.4, -0.2) is 39.1 Å². The number of anilines is 1. The van der Waals surface area contributed by atoms with Gasteiger partial charge in [0, 0.05) is 12.2 Å². The van der Waals surface area contributed by atoms with Crippen LogP contribution < -0.4 is 19.7 Å². The van der Waals surface area contributed by atoms with Crippen molar-refractivity contribution in [2.24, 2.45) is 0 Å². The number of nitrogens with one attached hydrogen (secondary N) is 1. The van der Waals surface area contributed by atoms with Crippen LogP contribution in [0.5, 0.6) is 11.5 Å². The maximum absolute atomic E-state index is 12.6. The second kappa shape index (κ2) is 8.89. The Kier molecular flexibility index (Phi) is 6.60. The smallest absolute Gasteiger partial charge is 0.259 e. The third kappa shape index (κ3) is 4.33. The molecule has 1 N–H and O–H groups in total. The first kappa shape index (κ1) is 19.3. The minimum atomic E-state index is -0.423. The Labute approximate surface area is 153 Å². The molecular weight excluding hydrogens is 332 g/mol. The van der Waals surface area contributed by atoms with Gasteiger partial charge in [-0.25, -0.2) is 0 Å². The van der Waals surface area contributed by atoms with Crippen LogP contribution in [0, 0.1) is 6.92 Å². The van der Waals surface area contributed by atoms with Gasteiger partial charge in [0.05, 0.1) is 20.8 Å². The van der Waals surface area contributed by atoms with Gasteiger partial charge < -0.3 is 19.7 Å². The Balaban J connectivity index is 2.12. The molecular formula is C20H24N2O4. The zero-order chi connectivity index (χ0) is 19.1. The molecule has 6 nitrogen and oxygen atoms in total. The van der Waals surface area contributed by atoms with E-state index in [4.69, 9.17) is 9.47 Å². The van der Waals surface area contributed by atoms with Crippen molar-refractivity contribution in [1.82, 2.24) is 5.32 Å². The highest BCUT2D eigenvalue weighted by molar-refractivity contribution is 6.03. The number of ether oxygens (including phenoxy) is 2. The number of hydrogen-bond acceptors (Lipinski definition) is 4. The van der Waals surface area contributed by atoms with Gasteiger partial charge in [-0.3, -0.25) is 9.59 Å². The summed E-state index contributed by atoms with van der Waals surface area (Å²) >= 11 is 0. The van der Waals surface area contributed by atoms with E-state index in [-0.39, 0.29) is 18.0 Å². The normalized spacial score (nSPS) is 10.2. The molecule has 0 aliphatic carbocycles. The van der Waals surface area contributed by atoms with Gasteiger partial charge in [-0.2, -0.15) is 0 Å². The number of rotatable bonds is 7. The van der Waals surface area contributed by atoms with Crippen LogP contribution in [0.4, 0.5) is 5.69 Å². The first-order valence-corrected chi connectivity index (χ1v) is 8.38. The maximum Gasteiger partial charge on any atom is 0.259 e. The average molecular weight is 356 g/mol. The second-order valence-electron chi connectivity index (χ2n) is 5.70. The van der Waals surface area contributed by atoms with E-state index in [9.17, 15) is 9.59 Å². The molecule has 2 aromatic rings. The largest absolute Gasteiger partial charge is 0.496 e. The van der Waals surface area contributed by atoms with Gasteiger partial charge in [0.1, 0.15) is 17.1 Å². The number of benzene rings is 2. The Morgan fingerprint density at radius 3 is 2.19 bits per heavy atom. The summed E-state index contributed by atoms with van der Waals surface area (Å²) in [6.45, 7) is 4.25. The lowest BCUT2D eigenvalue weighted by atomic mass is 10.1. The fraction of sp³-hybridized carbons (Fsp3) is 0.300. The number of hydrogen-bond donors (Lipinski definition) is 1. The van der Waals surface area contributed by atoms with E-state index in [2.05, 4.69) is 5.32 Å². The number of methoxy groups -OCH3 is 2. The van der Waals surface area contributed by atoms with E-state index in [1.807, 2.05) is 38.1 Å². The van der Waals surface area contributed by atoms with Crippen LogP contribution in [-0.2, 0) is 4.79 Å². The number of carbonyl (C=O) groups excluding carboxylic acids is 2. The van der Waals surface area contributed by atoms with Crippen molar-refractivity contribution in [2.75, 3.05) is 32.2 Å². The van der Waals surface area contributed by atoms with Crippen molar-refractivity contribution in [2.45, 2.75) is 13.8 Å². The van der Waals surface area contributed by atoms with Crippen LogP contribution >= 0.6 is 0 Å². The number of amides is 2. The monoisotopic (exact) mass is 356 g/mol. The molecule has 0 bridgehead atoms. The molecule has 0 unspecified atom stereocenters. The van der Waals surface area contributed by atoms with Gasteiger partial charge in [0.15, 0.2) is 0 Å². The van der Waals surface area contributed by atoms with E-state index in [0.717, 1.165) is 11.3 Å². The Morgan fingerprint density at radius 2 is 1.65 bits per heavy atom. The summed E-state index contributed by atoms with van der Waals surface area (Å²) < 4.78 is 10.5. The average Bonchev–Trinajstić information content (AvgIpc) is 2.66. The molecule has 0 spiro atoms. The standard InChI is InChI=1S/C20H24N2O4/c1-5-22(15-9-6-8-14(2)12-15)18(23)13-21-20(24)19-16(25-3)10-7-11-17(19)26-4/h6-12H,5,13H2,1-4H3,(H,21,24). The molecule has 0 fully saturated rings. The number of likely N-dealkylation sites (N-methyl/N-ethyl adjacent to an activating group) is 1. The van der Waals surface area contributed by atoms with Gasteiger partial charge >= 0.3 is 0 Å². The quantitative estimate of drug-likeness (QED) is 0.828. The number of nitrogens with zero attached hydrogens (tertiary/aromatic N) is 1. The fourth-order valence-electron chi connectivity index (χ4n) is 2.71. The van der Waals surface area contributed by atoms with Crippen LogP contribution in [0.2, 0.25) is 0 Å². The van der Waals surface area contributed by atoms with Crippen molar-refractivity contribution in [1.29, 1.82) is 0 Å².